The molecule has 0 aliphatic carbocycles. The number of hydrogen-bond acceptors (Lipinski definition) is 3. The first-order valence-electron chi connectivity index (χ1n) is 6.04. The molecule has 0 unspecified atom stereocenters. The molecular weight excluding hydrogens is 261 g/mol. The molecule has 0 aliphatic rings. The molecule has 2 aromatic rings. The summed E-state index contributed by atoms with van der Waals surface area (Å²) in [6, 6.07) is 10.8. The van der Waals surface area contributed by atoms with Crippen molar-refractivity contribution < 1.29 is 19.0 Å². The summed E-state index contributed by atoms with van der Waals surface area (Å²) < 4.78 is 19.1. The van der Waals surface area contributed by atoms with Gasteiger partial charge in [0, 0.05) is 12.1 Å². The van der Waals surface area contributed by atoms with Crippen molar-refractivity contribution in [3.63, 3.8) is 0 Å². The normalized spacial score (nSPS) is 10.3. The highest BCUT2D eigenvalue weighted by Gasteiger charge is 2.09. The number of ether oxygens (including phenoxy) is 1. The van der Waals surface area contributed by atoms with E-state index in [-0.39, 0.29) is 24.5 Å². The Hall–Kier alpha value is -2.40. The van der Waals surface area contributed by atoms with Gasteiger partial charge in [0.15, 0.2) is 11.6 Å². The standard InChI is InChI=1S/C15H14FNO3/c16-13-3-1-2-12(8-17)14(13)20-9-10-4-6-11(7-5-10)15(18)19/h1-7H,8-9,17H2,(H,18,19). The molecule has 0 heterocycles. The molecular formula is C15H14FNO3. The third-order valence-electron chi connectivity index (χ3n) is 2.85. The van der Waals surface area contributed by atoms with Crippen LogP contribution in [-0.4, -0.2) is 11.1 Å². The van der Waals surface area contributed by atoms with E-state index in [0.29, 0.717) is 5.56 Å². The summed E-state index contributed by atoms with van der Waals surface area (Å²) >= 11 is 0. The number of carbonyl (C=O) groups is 1. The van der Waals surface area contributed by atoms with Gasteiger partial charge in [-0.25, -0.2) is 9.18 Å². The zero-order valence-electron chi connectivity index (χ0n) is 10.7. The molecule has 0 spiro atoms. The van der Waals surface area contributed by atoms with E-state index in [1.165, 1.54) is 18.2 Å². The lowest BCUT2D eigenvalue weighted by Crippen LogP contribution is -2.05. The maximum absolute atomic E-state index is 13.7. The van der Waals surface area contributed by atoms with Crippen LogP contribution in [0.5, 0.6) is 5.75 Å². The van der Waals surface area contributed by atoms with Crippen molar-refractivity contribution in [3.8, 4) is 5.75 Å². The molecule has 2 rings (SSSR count). The van der Waals surface area contributed by atoms with E-state index >= 15 is 0 Å². The smallest absolute Gasteiger partial charge is 0.335 e. The fourth-order valence-electron chi connectivity index (χ4n) is 1.77. The predicted molar refractivity (Wildman–Crippen MR) is 72.0 cm³/mol. The number of para-hydroxylation sites is 1. The monoisotopic (exact) mass is 275 g/mol. The van der Waals surface area contributed by atoms with Crippen molar-refractivity contribution in [2.75, 3.05) is 0 Å². The summed E-state index contributed by atoms with van der Waals surface area (Å²) in [5.41, 5.74) is 7.07. The van der Waals surface area contributed by atoms with Crippen LogP contribution < -0.4 is 10.5 Å². The van der Waals surface area contributed by atoms with E-state index in [9.17, 15) is 9.18 Å². The van der Waals surface area contributed by atoms with E-state index in [2.05, 4.69) is 0 Å². The van der Waals surface area contributed by atoms with Crippen LogP contribution in [-0.2, 0) is 13.2 Å². The Morgan fingerprint density at radius 3 is 2.50 bits per heavy atom. The van der Waals surface area contributed by atoms with Crippen LogP contribution in [0.2, 0.25) is 0 Å². The molecule has 0 aliphatic heterocycles. The van der Waals surface area contributed by atoms with Gasteiger partial charge < -0.3 is 15.6 Å². The Balaban J connectivity index is 2.11. The largest absolute Gasteiger partial charge is 0.485 e. The Morgan fingerprint density at radius 1 is 1.20 bits per heavy atom. The van der Waals surface area contributed by atoms with Crippen LogP contribution in [0.3, 0.4) is 0 Å². The number of carboxylic acids is 1. The van der Waals surface area contributed by atoms with E-state index in [0.717, 1.165) is 5.56 Å². The minimum Gasteiger partial charge on any atom is -0.485 e. The second-order valence-electron chi connectivity index (χ2n) is 4.22. The van der Waals surface area contributed by atoms with E-state index in [1.54, 1.807) is 24.3 Å². The number of halogens is 1. The van der Waals surface area contributed by atoms with Gasteiger partial charge >= 0.3 is 5.97 Å². The first-order chi connectivity index (χ1) is 9.61. The molecule has 0 atom stereocenters. The van der Waals surface area contributed by atoms with Crippen LogP contribution >= 0.6 is 0 Å². The van der Waals surface area contributed by atoms with Crippen molar-refractivity contribution >= 4 is 5.97 Å². The number of nitrogens with two attached hydrogens (primary N) is 1. The Morgan fingerprint density at radius 2 is 1.90 bits per heavy atom. The van der Waals surface area contributed by atoms with Crippen molar-refractivity contribution in [2.24, 2.45) is 5.73 Å². The van der Waals surface area contributed by atoms with E-state index < -0.39 is 11.8 Å². The van der Waals surface area contributed by atoms with Gasteiger partial charge in [0.05, 0.1) is 5.56 Å². The van der Waals surface area contributed by atoms with Gasteiger partial charge in [0.25, 0.3) is 0 Å². The molecule has 4 nitrogen and oxygen atoms in total. The zero-order valence-corrected chi connectivity index (χ0v) is 10.7. The van der Waals surface area contributed by atoms with Gasteiger partial charge in [-0.2, -0.15) is 0 Å². The average Bonchev–Trinajstić information content (AvgIpc) is 2.46. The summed E-state index contributed by atoms with van der Waals surface area (Å²) in [6.07, 6.45) is 0. The van der Waals surface area contributed by atoms with Crippen LogP contribution in [0.15, 0.2) is 42.5 Å². The zero-order chi connectivity index (χ0) is 14.5. The van der Waals surface area contributed by atoms with Crippen molar-refractivity contribution in [3.05, 3.63) is 65.0 Å². The molecule has 5 heteroatoms. The van der Waals surface area contributed by atoms with Gasteiger partial charge in [-0.15, -0.1) is 0 Å². The third-order valence-corrected chi connectivity index (χ3v) is 2.85. The van der Waals surface area contributed by atoms with Crippen molar-refractivity contribution in [1.29, 1.82) is 0 Å². The molecule has 104 valence electrons. The SMILES string of the molecule is NCc1cccc(F)c1OCc1ccc(C(=O)O)cc1. The summed E-state index contributed by atoms with van der Waals surface area (Å²) in [4.78, 5) is 10.7. The molecule has 0 bridgehead atoms. The van der Waals surface area contributed by atoms with Gasteiger partial charge in [0.1, 0.15) is 6.61 Å². The molecule has 0 saturated heterocycles. The van der Waals surface area contributed by atoms with Gasteiger partial charge in [-0.3, -0.25) is 0 Å². The number of benzene rings is 2. The number of hydrogen-bond donors (Lipinski definition) is 2. The van der Waals surface area contributed by atoms with Gasteiger partial charge in [-0.1, -0.05) is 24.3 Å². The Kier molecular flexibility index (Phi) is 4.32. The first-order valence-corrected chi connectivity index (χ1v) is 6.04. The molecule has 2 aromatic carbocycles. The fourth-order valence-corrected chi connectivity index (χ4v) is 1.77. The minimum atomic E-state index is -0.989. The van der Waals surface area contributed by atoms with E-state index in [4.69, 9.17) is 15.6 Å². The molecule has 0 fully saturated rings. The Labute approximate surface area is 115 Å². The van der Waals surface area contributed by atoms with Crippen LogP contribution in [0, 0.1) is 5.82 Å². The predicted octanol–water partition coefficient (Wildman–Crippen LogP) is 2.56. The molecule has 0 radical (unpaired) electrons. The lowest BCUT2D eigenvalue weighted by atomic mass is 10.1. The molecule has 3 N–H and O–H groups in total. The summed E-state index contributed by atoms with van der Waals surface area (Å²) in [5, 5.41) is 8.79. The van der Waals surface area contributed by atoms with Crippen LogP contribution in [0.1, 0.15) is 21.5 Å². The quantitative estimate of drug-likeness (QED) is 0.879. The highest BCUT2D eigenvalue weighted by molar-refractivity contribution is 5.87. The maximum atomic E-state index is 13.7. The summed E-state index contributed by atoms with van der Waals surface area (Å²) in [6.45, 7) is 0.332. The highest BCUT2D eigenvalue weighted by Crippen LogP contribution is 2.23. The molecule has 0 aromatic heterocycles. The Bertz CT molecular complexity index is 611. The lowest BCUT2D eigenvalue weighted by molar-refractivity contribution is 0.0697. The maximum Gasteiger partial charge on any atom is 0.335 e. The topological polar surface area (TPSA) is 72.5 Å². The number of aromatic carboxylic acids is 1. The van der Waals surface area contributed by atoms with Crippen LogP contribution in [0.25, 0.3) is 0 Å². The van der Waals surface area contributed by atoms with Crippen molar-refractivity contribution in [2.45, 2.75) is 13.2 Å². The summed E-state index contributed by atoms with van der Waals surface area (Å²) in [5.74, 6) is -1.32. The van der Waals surface area contributed by atoms with E-state index in [1.807, 2.05) is 0 Å². The second kappa shape index (κ2) is 6.16. The first kappa shape index (κ1) is 14.0. The summed E-state index contributed by atoms with van der Waals surface area (Å²) in [7, 11) is 0. The lowest BCUT2D eigenvalue weighted by Gasteiger charge is -2.11. The van der Waals surface area contributed by atoms with Gasteiger partial charge in [0.2, 0.25) is 0 Å². The number of rotatable bonds is 5. The fraction of sp³-hybridized carbons (Fsp3) is 0.133. The molecule has 0 amide bonds. The number of carboxylic acid groups (broad SMARTS) is 1. The van der Waals surface area contributed by atoms with Gasteiger partial charge in [-0.05, 0) is 23.8 Å². The highest BCUT2D eigenvalue weighted by atomic mass is 19.1. The molecule has 20 heavy (non-hydrogen) atoms. The second-order valence-corrected chi connectivity index (χ2v) is 4.22. The third kappa shape index (κ3) is 3.13. The molecule has 0 saturated carbocycles. The minimum absolute atomic E-state index is 0.136. The average molecular weight is 275 g/mol. The van der Waals surface area contributed by atoms with Crippen LogP contribution in [0.4, 0.5) is 4.39 Å². The van der Waals surface area contributed by atoms with Crippen molar-refractivity contribution in [1.82, 2.24) is 0 Å².